The molecule has 6 rings (SSSR count). The first kappa shape index (κ1) is 30.6. The third-order valence-corrected chi connectivity index (χ3v) is 9.43. The first-order valence-electron chi connectivity index (χ1n) is 14.5. The number of amides is 1. The highest BCUT2D eigenvalue weighted by atomic mass is 32.2. The minimum Gasteiger partial charge on any atom is -0.493 e. The second kappa shape index (κ2) is 12.9. The summed E-state index contributed by atoms with van der Waals surface area (Å²) in [6, 6.07) is 15.8. The number of anilines is 2. The van der Waals surface area contributed by atoms with E-state index in [0.717, 1.165) is 16.8 Å². The van der Waals surface area contributed by atoms with Crippen molar-refractivity contribution in [3.63, 3.8) is 0 Å². The van der Waals surface area contributed by atoms with Crippen LogP contribution in [-0.4, -0.2) is 71.5 Å². The van der Waals surface area contributed by atoms with Crippen LogP contribution in [0, 0.1) is 12.7 Å². The van der Waals surface area contributed by atoms with Crippen LogP contribution in [0.3, 0.4) is 0 Å². The number of pyridine rings is 1. The topological polar surface area (TPSA) is 79.6 Å². The molecule has 0 saturated carbocycles. The van der Waals surface area contributed by atoms with Gasteiger partial charge in [0.2, 0.25) is 0 Å². The smallest absolute Gasteiger partial charge is 0.267 e. The van der Waals surface area contributed by atoms with Crippen LogP contribution in [-0.2, 0) is 11.2 Å². The highest BCUT2D eigenvalue weighted by Gasteiger charge is 2.33. The lowest BCUT2D eigenvalue weighted by Gasteiger charge is -2.37. The van der Waals surface area contributed by atoms with E-state index in [9.17, 15) is 14.0 Å². The lowest BCUT2D eigenvalue weighted by molar-refractivity contribution is -0.122. The van der Waals surface area contributed by atoms with Crippen LogP contribution in [0.2, 0.25) is 0 Å². The molecule has 232 valence electrons. The molecule has 0 radical (unpaired) electrons. The Morgan fingerprint density at radius 1 is 0.978 bits per heavy atom. The number of methoxy groups -OCH3 is 2. The van der Waals surface area contributed by atoms with Gasteiger partial charge >= 0.3 is 0 Å². The Balaban J connectivity index is 1.28. The van der Waals surface area contributed by atoms with Gasteiger partial charge in [-0.25, -0.2) is 9.37 Å². The number of carbonyl (C=O) groups is 1. The lowest BCUT2D eigenvalue weighted by Crippen LogP contribution is -2.47. The molecule has 2 fully saturated rings. The summed E-state index contributed by atoms with van der Waals surface area (Å²) in [5.74, 6) is 1.26. The molecule has 0 unspecified atom stereocenters. The van der Waals surface area contributed by atoms with Crippen LogP contribution in [0.1, 0.15) is 16.7 Å². The van der Waals surface area contributed by atoms with Crippen molar-refractivity contribution in [1.29, 1.82) is 0 Å². The number of aromatic nitrogens is 2. The van der Waals surface area contributed by atoms with Crippen molar-refractivity contribution < 1.29 is 18.7 Å². The van der Waals surface area contributed by atoms with E-state index in [-0.39, 0.29) is 17.3 Å². The fourth-order valence-electron chi connectivity index (χ4n) is 5.60. The number of benzene rings is 2. The van der Waals surface area contributed by atoms with Gasteiger partial charge in [0.1, 0.15) is 21.6 Å². The van der Waals surface area contributed by atoms with Gasteiger partial charge in [-0.1, -0.05) is 36.1 Å². The second-order valence-corrected chi connectivity index (χ2v) is 12.4. The highest BCUT2D eigenvalue weighted by Crippen LogP contribution is 2.35. The number of nitrogens with zero attached hydrogens (tertiary/aromatic N) is 5. The van der Waals surface area contributed by atoms with Gasteiger partial charge in [-0.15, -0.1) is 0 Å². The number of aryl methyl sites for hydroxylation is 1. The van der Waals surface area contributed by atoms with Crippen LogP contribution < -0.4 is 24.8 Å². The number of rotatable bonds is 8. The number of ether oxygens (including phenoxy) is 2. The van der Waals surface area contributed by atoms with Crippen molar-refractivity contribution in [1.82, 2.24) is 14.3 Å². The zero-order valence-electron chi connectivity index (χ0n) is 25.2. The van der Waals surface area contributed by atoms with Crippen LogP contribution in [0.15, 0.2) is 70.5 Å². The van der Waals surface area contributed by atoms with Crippen molar-refractivity contribution in [2.75, 3.05) is 56.7 Å². The molecule has 2 aromatic carbocycles. The maximum atomic E-state index is 14.0. The molecule has 0 bridgehead atoms. The summed E-state index contributed by atoms with van der Waals surface area (Å²) in [5, 5.41) is 0. The normalized spacial score (nSPS) is 16.3. The molecule has 45 heavy (non-hydrogen) atoms. The number of thioether (sulfide) groups is 1. The fraction of sp³-hybridized carbons (Fsp3) is 0.273. The molecule has 0 atom stereocenters. The van der Waals surface area contributed by atoms with Crippen LogP contribution >= 0.6 is 24.0 Å². The second-order valence-electron chi connectivity index (χ2n) is 10.8. The van der Waals surface area contributed by atoms with Crippen molar-refractivity contribution in [2.45, 2.75) is 13.3 Å². The highest BCUT2D eigenvalue weighted by molar-refractivity contribution is 8.26. The van der Waals surface area contributed by atoms with E-state index in [4.69, 9.17) is 26.7 Å². The Morgan fingerprint density at radius 2 is 1.69 bits per heavy atom. The lowest BCUT2D eigenvalue weighted by atomic mass is 10.1. The SMILES string of the molecule is COc1ccc(CCN2C(=O)/C(=C\c3c(N4CCN(c5ccc(F)cc5)CC4)nc4c(C)cccn4c3=O)SC2=S)cc1OC. The van der Waals surface area contributed by atoms with E-state index < -0.39 is 0 Å². The molecule has 2 aliphatic rings. The summed E-state index contributed by atoms with van der Waals surface area (Å²) < 4.78 is 26.2. The van der Waals surface area contributed by atoms with Crippen molar-refractivity contribution in [3.8, 4) is 11.5 Å². The van der Waals surface area contributed by atoms with Crippen molar-refractivity contribution >= 4 is 57.4 Å². The quantitative estimate of drug-likeness (QED) is 0.196. The zero-order valence-corrected chi connectivity index (χ0v) is 26.8. The molecule has 1 amide bonds. The first-order chi connectivity index (χ1) is 21.8. The Hall–Kier alpha value is -4.42. The number of thiocarbonyl (C=S) groups is 1. The summed E-state index contributed by atoms with van der Waals surface area (Å²) in [4.78, 5) is 38.8. The Bertz CT molecular complexity index is 1870. The summed E-state index contributed by atoms with van der Waals surface area (Å²) in [7, 11) is 3.17. The van der Waals surface area contributed by atoms with Gasteiger partial charge in [-0.05, 0) is 73.0 Å². The minimum absolute atomic E-state index is 0.244. The molecule has 4 aromatic rings. The van der Waals surface area contributed by atoms with Gasteiger partial charge < -0.3 is 19.3 Å². The van der Waals surface area contributed by atoms with Crippen LogP contribution in [0.4, 0.5) is 15.9 Å². The molecular weight excluding hydrogens is 614 g/mol. The Labute approximate surface area is 269 Å². The third-order valence-electron chi connectivity index (χ3n) is 8.06. The van der Waals surface area contributed by atoms with E-state index in [2.05, 4.69) is 9.80 Å². The van der Waals surface area contributed by atoms with Crippen molar-refractivity contribution in [2.24, 2.45) is 0 Å². The minimum atomic E-state index is -0.274. The maximum Gasteiger partial charge on any atom is 0.267 e. The predicted molar refractivity (Wildman–Crippen MR) is 180 cm³/mol. The van der Waals surface area contributed by atoms with Gasteiger partial charge in [0.05, 0.1) is 24.7 Å². The average Bonchev–Trinajstić information content (AvgIpc) is 3.32. The standard InChI is InChI=1S/C33H32FN5O4S2/c1-21-5-4-13-38-29(21)35-30(37-17-15-36(16-18-37)24-9-7-23(34)8-10-24)25(31(38)40)20-28-32(41)39(33(44)45-28)14-12-22-6-11-26(42-2)27(19-22)43-3/h4-11,13,19-20H,12,14-18H2,1-3H3/b28-20+. The molecular formula is C33H32FN5O4S2. The summed E-state index contributed by atoms with van der Waals surface area (Å²) in [5.41, 5.74) is 3.44. The average molecular weight is 646 g/mol. The molecule has 2 aliphatic heterocycles. The zero-order chi connectivity index (χ0) is 31.7. The van der Waals surface area contributed by atoms with E-state index in [1.54, 1.807) is 43.5 Å². The molecule has 12 heteroatoms. The third kappa shape index (κ3) is 6.12. The molecule has 0 N–H and O–H groups in total. The number of halogens is 1. The van der Waals surface area contributed by atoms with Crippen LogP contribution in [0.5, 0.6) is 11.5 Å². The summed E-state index contributed by atoms with van der Waals surface area (Å²) in [6.07, 6.45) is 3.89. The van der Waals surface area contributed by atoms with E-state index in [1.807, 2.05) is 37.3 Å². The molecule has 4 heterocycles. The predicted octanol–water partition coefficient (Wildman–Crippen LogP) is 4.93. The Kier molecular flexibility index (Phi) is 8.77. The number of fused-ring (bicyclic) bond motifs is 1. The van der Waals surface area contributed by atoms with E-state index in [0.29, 0.717) is 76.9 Å². The van der Waals surface area contributed by atoms with E-state index in [1.165, 1.54) is 28.3 Å². The molecule has 9 nitrogen and oxygen atoms in total. The van der Waals surface area contributed by atoms with Crippen LogP contribution in [0.25, 0.3) is 11.7 Å². The largest absolute Gasteiger partial charge is 0.493 e. The van der Waals surface area contributed by atoms with Crippen molar-refractivity contribution in [3.05, 3.63) is 98.6 Å². The fourth-order valence-corrected chi connectivity index (χ4v) is 6.89. The van der Waals surface area contributed by atoms with Gasteiger partial charge in [0, 0.05) is 44.6 Å². The molecule has 2 aromatic heterocycles. The molecule has 0 aliphatic carbocycles. The Morgan fingerprint density at radius 3 is 2.40 bits per heavy atom. The number of hydrogen-bond acceptors (Lipinski definition) is 9. The molecule has 0 spiro atoms. The number of piperazine rings is 1. The number of carbonyl (C=O) groups excluding carboxylic acids is 1. The monoisotopic (exact) mass is 645 g/mol. The van der Waals surface area contributed by atoms with Gasteiger partial charge in [0.25, 0.3) is 11.5 Å². The summed E-state index contributed by atoms with van der Waals surface area (Å²) in [6.45, 7) is 4.82. The van der Waals surface area contributed by atoms with Gasteiger partial charge in [-0.3, -0.25) is 18.9 Å². The first-order valence-corrected chi connectivity index (χ1v) is 15.7. The summed E-state index contributed by atoms with van der Waals surface area (Å²) >= 11 is 6.80. The van der Waals surface area contributed by atoms with Gasteiger partial charge in [0.15, 0.2) is 11.5 Å². The maximum absolute atomic E-state index is 14.0. The molecule has 2 saturated heterocycles. The van der Waals surface area contributed by atoms with Gasteiger partial charge in [-0.2, -0.15) is 0 Å². The number of hydrogen-bond donors (Lipinski definition) is 0. The van der Waals surface area contributed by atoms with E-state index >= 15 is 0 Å².